The van der Waals surface area contributed by atoms with E-state index in [1.807, 2.05) is 25.1 Å². The zero-order valence-corrected chi connectivity index (χ0v) is 14.8. The summed E-state index contributed by atoms with van der Waals surface area (Å²) in [6.07, 6.45) is 0.599. The van der Waals surface area contributed by atoms with Crippen molar-refractivity contribution in [3.8, 4) is 5.75 Å². The molecule has 0 saturated carbocycles. The van der Waals surface area contributed by atoms with Crippen molar-refractivity contribution in [2.24, 2.45) is 0 Å². The van der Waals surface area contributed by atoms with Gasteiger partial charge in [-0.25, -0.2) is 13.2 Å². The average Bonchev–Trinajstić information content (AvgIpc) is 2.61. The number of nitrogens with zero attached hydrogens (tertiary/aromatic N) is 1. The Morgan fingerprint density at radius 3 is 2.68 bits per heavy atom. The number of hydrogen-bond donors (Lipinski definition) is 1. The number of carbonyl (C=O) groups is 1. The summed E-state index contributed by atoms with van der Waals surface area (Å²) in [7, 11) is -2.23. The standard InChI is InChI=1S/C18H19NO5S/c1-12-17-11-15(24-2)7-6-13(17)8-9-19(12)25(22,23)16-5-3-4-14(10-16)18(20)21/h3-7,10-12H,8-9H2,1-2H3,(H,20,21). The van der Waals surface area contributed by atoms with Gasteiger partial charge in [-0.05, 0) is 54.8 Å². The summed E-state index contributed by atoms with van der Waals surface area (Å²) in [6, 6.07) is 10.8. The predicted molar refractivity (Wildman–Crippen MR) is 92.4 cm³/mol. The number of ether oxygens (including phenoxy) is 1. The largest absolute Gasteiger partial charge is 0.497 e. The van der Waals surface area contributed by atoms with Crippen LogP contribution in [0.5, 0.6) is 5.75 Å². The van der Waals surface area contributed by atoms with Crippen molar-refractivity contribution in [1.29, 1.82) is 0 Å². The van der Waals surface area contributed by atoms with Gasteiger partial charge in [0.2, 0.25) is 10.0 Å². The maximum Gasteiger partial charge on any atom is 0.335 e. The molecule has 3 rings (SSSR count). The molecule has 2 aromatic carbocycles. The van der Waals surface area contributed by atoms with Gasteiger partial charge in [0, 0.05) is 12.6 Å². The third-order valence-corrected chi connectivity index (χ3v) is 6.49. The minimum Gasteiger partial charge on any atom is -0.497 e. The lowest BCUT2D eigenvalue weighted by molar-refractivity contribution is 0.0696. The number of rotatable bonds is 4. The van der Waals surface area contributed by atoms with E-state index in [2.05, 4.69) is 0 Å². The molecule has 1 unspecified atom stereocenters. The Bertz CT molecular complexity index is 923. The maximum atomic E-state index is 13.0. The van der Waals surface area contributed by atoms with Gasteiger partial charge in [0.1, 0.15) is 5.75 Å². The number of methoxy groups -OCH3 is 1. The second kappa shape index (κ2) is 6.50. The molecule has 1 aliphatic heterocycles. The third kappa shape index (κ3) is 3.12. The Labute approximate surface area is 146 Å². The van der Waals surface area contributed by atoms with E-state index >= 15 is 0 Å². The molecule has 1 atom stereocenters. The second-order valence-electron chi connectivity index (χ2n) is 5.94. The summed E-state index contributed by atoms with van der Waals surface area (Å²) in [6.45, 7) is 2.18. The summed E-state index contributed by atoms with van der Waals surface area (Å²) in [5, 5.41) is 9.10. The highest BCUT2D eigenvalue weighted by atomic mass is 32.2. The van der Waals surface area contributed by atoms with Gasteiger partial charge < -0.3 is 9.84 Å². The third-order valence-electron chi connectivity index (χ3n) is 4.52. The Morgan fingerprint density at radius 1 is 1.24 bits per heavy atom. The summed E-state index contributed by atoms with van der Waals surface area (Å²) < 4.78 is 32.7. The fraction of sp³-hybridized carbons (Fsp3) is 0.278. The molecule has 0 aromatic heterocycles. The smallest absolute Gasteiger partial charge is 0.335 e. The van der Waals surface area contributed by atoms with E-state index in [1.165, 1.54) is 28.6 Å². The van der Waals surface area contributed by atoms with Crippen LogP contribution in [0.4, 0.5) is 0 Å². The van der Waals surface area contributed by atoms with E-state index in [0.717, 1.165) is 11.1 Å². The molecule has 0 saturated heterocycles. The van der Waals surface area contributed by atoms with Crippen molar-refractivity contribution in [1.82, 2.24) is 4.31 Å². The lowest BCUT2D eigenvalue weighted by Gasteiger charge is -2.34. The molecule has 0 aliphatic carbocycles. The molecule has 0 fully saturated rings. The summed E-state index contributed by atoms with van der Waals surface area (Å²) in [5.41, 5.74) is 1.95. The summed E-state index contributed by atoms with van der Waals surface area (Å²) in [5.74, 6) is -0.475. The first-order chi connectivity index (χ1) is 11.8. The predicted octanol–water partition coefficient (Wildman–Crippen LogP) is 2.70. The van der Waals surface area contributed by atoms with Gasteiger partial charge in [0.05, 0.1) is 17.6 Å². The highest BCUT2D eigenvalue weighted by Gasteiger charge is 2.34. The molecular weight excluding hydrogens is 342 g/mol. The maximum absolute atomic E-state index is 13.0. The van der Waals surface area contributed by atoms with Crippen molar-refractivity contribution in [2.75, 3.05) is 13.7 Å². The first-order valence-corrected chi connectivity index (χ1v) is 9.30. The van der Waals surface area contributed by atoms with Crippen LogP contribution in [0.25, 0.3) is 0 Å². The van der Waals surface area contributed by atoms with Crippen molar-refractivity contribution in [2.45, 2.75) is 24.3 Å². The number of carboxylic acids is 1. The molecule has 2 aromatic rings. The Kier molecular flexibility index (Phi) is 4.53. The number of carboxylic acid groups (broad SMARTS) is 1. The van der Waals surface area contributed by atoms with Gasteiger partial charge in [-0.2, -0.15) is 4.31 Å². The monoisotopic (exact) mass is 361 g/mol. The Hall–Kier alpha value is -2.38. The van der Waals surface area contributed by atoms with E-state index in [4.69, 9.17) is 9.84 Å². The van der Waals surface area contributed by atoms with Crippen LogP contribution in [0.15, 0.2) is 47.4 Å². The molecule has 0 spiro atoms. The van der Waals surface area contributed by atoms with Gasteiger partial charge in [0.25, 0.3) is 0 Å². The number of aromatic carboxylic acids is 1. The molecular formula is C18H19NO5S. The molecule has 1 aliphatic rings. The first kappa shape index (κ1) is 17.4. The van der Waals surface area contributed by atoms with Crippen molar-refractivity contribution in [3.63, 3.8) is 0 Å². The average molecular weight is 361 g/mol. The topological polar surface area (TPSA) is 83.9 Å². The summed E-state index contributed by atoms with van der Waals surface area (Å²) in [4.78, 5) is 11.1. The van der Waals surface area contributed by atoms with E-state index in [9.17, 15) is 13.2 Å². The van der Waals surface area contributed by atoms with Gasteiger partial charge in [0.15, 0.2) is 0 Å². The van der Waals surface area contributed by atoms with E-state index < -0.39 is 16.0 Å². The van der Waals surface area contributed by atoms with Crippen LogP contribution in [0.3, 0.4) is 0 Å². The molecule has 1 heterocycles. The minimum atomic E-state index is -3.80. The lowest BCUT2D eigenvalue weighted by atomic mass is 9.95. The van der Waals surface area contributed by atoms with Gasteiger partial charge in [-0.15, -0.1) is 0 Å². The molecule has 7 heteroatoms. The molecule has 6 nitrogen and oxygen atoms in total. The Morgan fingerprint density at radius 2 is 2.00 bits per heavy atom. The lowest BCUT2D eigenvalue weighted by Crippen LogP contribution is -2.38. The fourth-order valence-electron chi connectivity index (χ4n) is 3.15. The first-order valence-electron chi connectivity index (χ1n) is 7.86. The number of sulfonamides is 1. The van der Waals surface area contributed by atoms with Crippen molar-refractivity contribution >= 4 is 16.0 Å². The highest BCUT2D eigenvalue weighted by molar-refractivity contribution is 7.89. The van der Waals surface area contributed by atoms with Gasteiger partial charge in [-0.1, -0.05) is 12.1 Å². The quantitative estimate of drug-likeness (QED) is 0.905. The molecule has 0 bridgehead atoms. The van der Waals surface area contributed by atoms with Crippen LogP contribution >= 0.6 is 0 Å². The van der Waals surface area contributed by atoms with Crippen LogP contribution in [0, 0.1) is 0 Å². The van der Waals surface area contributed by atoms with Crippen molar-refractivity contribution < 1.29 is 23.1 Å². The van der Waals surface area contributed by atoms with Gasteiger partial charge in [-0.3, -0.25) is 0 Å². The molecule has 25 heavy (non-hydrogen) atoms. The SMILES string of the molecule is COc1ccc2c(c1)C(C)N(S(=O)(=O)c1cccc(C(=O)O)c1)CC2. The molecule has 0 radical (unpaired) electrons. The van der Waals surface area contributed by atoms with Crippen LogP contribution < -0.4 is 4.74 Å². The van der Waals surface area contributed by atoms with E-state index in [0.29, 0.717) is 18.7 Å². The Balaban J connectivity index is 2.01. The second-order valence-corrected chi connectivity index (χ2v) is 7.83. The molecule has 1 N–H and O–H groups in total. The van der Waals surface area contributed by atoms with Crippen LogP contribution in [-0.2, 0) is 16.4 Å². The highest BCUT2D eigenvalue weighted by Crippen LogP contribution is 2.35. The number of hydrogen-bond acceptors (Lipinski definition) is 4. The zero-order valence-electron chi connectivity index (χ0n) is 14.0. The van der Waals surface area contributed by atoms with Crippen LogP contribution in [-0.4, -0.2) is 37.5 Å². The minimum absolute atomic E-state index is 0.00871. The van der Waals surface area contributed by atoms with Crippen LogP contribution in [0.1, 0.15) is 34.5 Å². The fourth-order valence-corrected chi connectivity index (χ4v) is 4.81. The van der Waals surface area contributed by atoms with Crippen molar-refractivity contribution in [3.05, 3.63) is 59.2 Å². The van der Waals surface area contributed by atoms with E-state index in [1.54, 1.807) is 7.11 Å². The zero-order chi connectivity index (χ0) is 18.2. The van der Waals surface area contributed by atoms with E-state index in [-0.39, 0.29) is 16.5 Å². The van der Waals surface area contributed by atoms with Gasteiger partial charge >= 0.3 is 5.97 Å². The number of benzene rings is 2. The normalized spacial score (nSPS) is 17.8. The molecule has 0 amide bonds. The van der Waals surface area contributed by atoms with Crippen LogP contribution in [0.2, 0.25) is 0 Å². The molecule has 132 valence electrons. The summed E-state index contributed by atoms with van der Waals surface area (Å²) >= 11 is 0. The number of fused-ring (bicyclic) bond motifs is 1.